The van der Waals surface area contributed by atoms with Gasteiger partial charge in [-0.05, 0) is 30.0 Å². The lowest BCUT2D eigenvalue weighted by Crippen LogP contribution is -2.52. The van der Waals surface area contributed by atoms with E-state index in [9.17, 15) is 28.1 Å². The fourth-order valence-corrected chi connectivity index (χ4v) is 5.56. The number of hydrogen-bond acceptors (Lipinski definition) is 6. The Balaban J connectivity index is 1.82. The molecule has 3 heterocycles. The normalized spacial score (nSPS) is 25.4. The number of carbonyl (C=O) groups excluding carboxylic acids is 1. The standard InChI is InChI=1S/C25H23F3N4O4/c1-12(2)14-8-10-15(11-9-14)18-19(21-20(32(34)35)13(3)31-36-21)24(30-22(18)25(26,27)28)16-6-4-5-7-17(16)29-23(24)33/h4-12,18-19,22,30H,1-3H3,(H,29,33)/t18-,19+,22-,24-/m1/s1. The molecule has 0 aliphatic carbocycles. The number of nitrogens with one attached hydrogen (secondary N) is 2. The van der Waals surface area contributed by atoms with E-state index in [0.29, 0.717) is 5.69 Å². The predicted molar refractivity (Wildman–Crippen MR) is 124 cm³/mol. The van der Waals surface area contributed by atoms with Crippen LogP contribution in [-0.2, 0) is 10.3 Å². The number of halogens is 3. The number of hydrogen-bond donors (Lipinski definition) is 2. The molecule has 2 aromatic carbocycles. The Bertz CT molecular complexity index is 1350. The molecule has 2 N–H and O–H groups in total. The van der Waals surface area contributed by atoms with Crippen molar-refractivity contribution in [2.24, 2.45) is 0 Å². The first-order chi connectivity index (χ1) is 17.0. The molecule has 8 nitrogen and oxygen atoms in total. The summed E-state index contributed by atoms with van der Waals surface area (Å²) in [5, 5.41) is 20.9. The topological polar surface area (TPSA) is 110 Å². The molecule has 5 rings (SSSR count). The van der Waals surface area contributed by atoms with E-state index in [4.69, 9.17) is 4.52 Å². The number of aromatic nitrogens is 1. The van der Waals surface area contributed by atoms with Gasteiger partial charge in [0.05, 0.1) is 10.8 Å². The highest BCUT2D eigenvalue weighted by molar-refractivity contribution is 6.07. The van der Waals surface area contributed by atoms with Crippen LogP contribution in [-0.4, -0.2) is 28.2 Å². The molecule has 2 aliphatic rings. The molecular weight excluding hydrogens is 477 g/mol. The third-order valence-electron chi connectivity index (χ3n) is 7.19. The number of rotatable bonds is 4. The Labute approximate surface area is 204 Å². The Hall–Kier alpha value is -3.73. The van der Waals surface area contributed by atoms with Gasteiger partial charge >= 0.3 is 11.9 Å². The van der Waals surface area contributed by atoms with Gasteiger partial charge < -0.3 is 9.84 Å². The summed E-state index contributed by atoms with van der Waals surface area (Å²) in [5.74, 6) is -3.81. The minimum Gasteiger partial charge on any atom is -0.353 e. The van der Waals surface area contributed by atoms with Crippen LogP contribution in [0, 0.1) is 17.0 Å². The Morgan fingerprint density at radius 1 is 1.14 bits per heavy atom. The highest BCUT2D eigenvalue weighted by atomic mass is 19.4. The number of nitro groups is 1. The number of alkyl halides is 3. The molecule has 1 saturated heterocycles. The zero-order chi connectivity index (χ0) is 26.0. The maximum Gasteiger partial charge on any atom is 0.404 e. The molecule has 0 bridgehead atoms. The van der Waals surface area contributed by atoms with Crippen molar-refractivity contribution in [3.8, 4) is 0 Å². The molecule has 0 unspecified atom stereocenters. The monoisotopic (exact) mass is 500 g/mol. The number of amides is 1. The maximum atomic E-state index is 14.6. The quantitative estimate of drug-likeness (QED) is 0.373. The van der Waals surface area contributed by atoms with Crippen molar-refractivity contribution in [1.82, 2.24) is 10.5 Å². The van der Waals surface area contributed by atoms with Gasteiger partial charge in [-0.25, -0.2) is 0 Å². The van der Waals surface area contributed by atoms with Crippen molar-refractivity contribution >= 4 is 17.3 Å². The zero-order valence-corrected chi connectivity index (χ0v) is 19.6. The summed E-state index contributed by atoms with van der Waals surface area (Å²) in [6.45, 7) is 5.27. The van der Waals surface area contributed by atoms with Crippen molar-refractivity contribution in [2.75, 3.05) is 5.32 Å². The second-order valence-corrected chi connectivity index (χ2v) is 9.53. The molecule has 1 aromatic heterocycles. The average Bonchev–Trinajstić information content (AvgIpc) is 3.46. The van der Waals surface area contributed by atoms with E-state index in [1.165, 1.54) is 6.92 Å². The molecular formula is C25H23F3N4O4. The molecule has 36 heavy (non-hydrogen) atoms. The average molecular weight is 500 g/mol. The molecule has 1 amide bonds. The number of nitrogens with zero attached hydrogens (tertiary/aromatic N) is 2. The Kier molecular flexibility index (Phi) is 5.43. The van der Waals surface area contributed by atoms with Gasteiger partial charge in [0.2, 0.25) is 11.7 Å². The molecule has 1 fully saturated rings. The number of fused-ring (bicyclic) bond motifs is 2. The van der Waals surface area contributed by atoms with Gasteiger partial charge in [0.25, 0.3) is 0 Å². The van der Waals surface area contributed by atoms with E-state index >= 15 is 0 Å². The number of anilines is 1. The molecule has 2 aliphatic heterocycles. The van der Waals surface area contributed by atoms with Crippen molar-refractivity contribution in [2.45, 2.75) is 56.3 Å². The first-order valence-corrected chi connectivity index (χ1v) is 11.4. The molecule has 0 radical (unpaired) electrons. The van der Waals surface area contributed by atoms with Crippen LogP contribution in [0.15, 0.2) is 53.1 Å². The van der Waals surface area contributed by atoms with Gasteiger partial charge in [-0.3, -0.25) is 20.2 Å². The predicted octanol–water partition coefficient (Wildman–Crippen LogP) is 5.26. The van der Waals surface area contributed by atoms with Gasteiger partial charge in [0, 0.05) is 17.2 Å². The summed E-state index contributed by atoms with van der Waals surface area (Å²) in [6.07, 6.45) is -4.79. The smallest absolute Gasteiger partial charge is 0.353 e. The van der Waals surface area contributed by atoms with E-state index in [0.717, 1.165) is 5.56 Å². The summed E-state index contributed by atoms with van der Waals surface area (Å²) < 4.78 is 49.3. The number of aryl methyl sites for hydroxylation is 1. The van der Waals surface area contributed by atoms with Gasteiger partial charge in [-0.2, -0.15) is 13.2 Å². The maximum absolute atomic E-state index is 14.6. The van der Waals surface area contributed by atoms with Gasteiger partial charge in [0.1, 0.15) is 11.6 Å². The van der Waals surface area contributed by atoms with Gasteiger partial charge in [0.15, 0.2) is 5.69 Å². The molecule has 11 heteroatoms. The highest BCUT2D eigenvalue weighted by Crippen LogP contribution is 2.60. The summed E-state index contributed by atoms with van der Waals surface area (Å²) in [4.78, 5) is 24.8. The molecule has 4 atom stereocenters. The lowest BCUT2D eigenvalue weighted by Gasteiger charge is -2.30. The second kappa shape index (κ2) is 8.16. The summed E-state index contributed by atoms with van der Waals surface area (Å²) >= 11 is 0. The third kappa shape index (κ3) is 3.41. The van der Waals surface area contributed by atoms with Crippen molar-refractivity contribution in [3.05, 3.63) is 86.8 Å². The molecule has 188 valence electrons. The van der Waals surface area contributed by atoms with E-state index in [1.807, 2.05) is 13.8 Å². The SMILES string of the molecule is Cc1noc([C@@H]2[C@@H](c3ccc(C(C)C)cc3)[C@H](C(F)(F)F)N[C@@]23C(=O)Nc2ccccc23)c1[N+](=O)[O-]. The van der Waals surface area contributed by atoms with Crippen molar-refractivity contribution < 1.29 is 27.4 Å². The van der Waals surface area contributed by atoms with Crippen LogP contribution in [0.3, 0.4) is 0 Å². The molecule has 0 saturated carbocycles. The van der Waals surface area contributed by atoms with Gasteiger partial charge in [-0.1, -0.05) is 61.5 Å². The number of carbonyl (C=O) groups is 1. The van der Waals surface area contributed by atoms with Crippen LogP contribution in [0.25, 0.3) is 0 Å². The lowest BCUT2D eigenvalue weighted by atomic mass is 9.71. The van der Waals surface area contributed by atoms with Gasteiger partial charge in [-0.15, -0.1) is 0 Å². The Morgan fingerprint density at radius 3 is 2.42 bits per heavy atom. The van der Waals surface area contributed by atoms with E-state index in [-0.39, 0.29) is 28.5 Å². The fourth-order valence-electron chi connectivity index (χ4n) is 5.56. The van der Waals surface area contributed by atoms with Crippen molar-refractivity contribution in [1.29, 1.82) is 0 Å². The largest absolute Gasteiger partial charge is 0.404 e. The molecule has 3 aromatic rings. The second-order valence-electron chi connectivity index (χ2n) is 9.53. The molecule has 1 spiro atoms. The summed E-state index contributed by atoms with van der Waals surface area (Å²) in [5.41, 5.74) is -0.808. The van der Waals surface area contributed by atoms with Crippen molar-refractivity contribution in [3.63, 3.8) is 0 Å². The Morgan fingerprint density at radius 2 is 1.81 bits per heavy atom. The lowest BCUT2D eigenvalue weighted by molar-refractivity contribution is -0.386. The third-order valence-corrected chi connectivity index (χ3v) is 7.19. The van der Waals surface area contributed by atoms with Crippen LogP contribution in [0.5, 0.6) is 0 Å². The first-order valence-electron chi connectivity index (χ1n) is 11.4. The first kappa shape index (κ1) is 24.0. The van der Waals surface area contributed by atoms with Crippen LogP contribution in [0.2, 0.25) is 0 Å². The van der Waals surface area contributed by atoms with E-state index in [1.54, 1.807) is 48.5 Å². The summed E-state index contributed by atoms with van der Waals surface area (Å²) in [7, 11) is 0. The zero-order valence-electron chi connectivity index (χ0n) is 19.6. The fraction of sp³-hybridized carbons (Fsp3) is 0.360. The summed E-state index contributed by atoms with van der Waals surface area (Å²) in [6, 6.07) is 10.8. The van der Waals surface area contributed by atoms with E-state index in [2.05, 4.69) is 15.8 Å². The van der Waals surface area contributed by atoms with E-state index < -0.39 is 46.1 Å². The minimum atomic E-state index is -4.79. The number of para-hydroxylation sites is 1. The minimum absolute atomic E-state index is 0.0822. The highest BCUT2D eigenvalue weighted by Gasteiger charge is 2.69. The van der Waals surface area contributed by atoms with Crippen LogP contribution >= 0.6 is 0 Å². The number of benzene rings is 2. The van der Waals surface area contributed by atoms with Crippen LogP contribution < -0.4 is 10.6 Å². The van der Waals surface area contributed by atoms with Crippen LogP contribution in [0.4, 0.5) is 24.5 Å². The van der Waals surface area contributed by atoms with Crippen LogP contribution in [0.1, 0.15) is 59.7 Å².